The monoisotopic (exact) mass is 353 g/mol. The van der Waals surface area contributed by atoms with Gasteiger partial charge in [0.1, 0.15) is 17.3 Å². The highest BCUT2D eigenvalue weighted by atomic mass is 79.9. The van der Waals surface area contributed by atoms with Crippen molar-refractivity contribution < 1.29 is 13.9 Å². The minimum atomic E-state index is -0.297. The topological polar surface area (TPSA) is 30.5 Å². The van der Waals surface area contributed by atoms with Crippen molar-refractivity contribution >= 4 is 21.6 Å². The molecule has 0 heterocycles. The molecule has 0 fully saturated rings. The number of ether oxygens (including phenoxy) is 2. The largest absolute Gasteiger partial charge is 0.497 e. The van der Waals surface area contributed by atoms with Crippen molar-refractivity contribution in [1.82, 2.24) is 0 Å². The summed E-state index contributed by atoms with van der Waals surface area (Å²) in [5.74, 6) is 1.17. The van der Waals surface area contributed by atoms with Crippen molar-refractivity contribution in [3.05, 3.63) is 52.3 Å². The summed E-state index contributed by atoms with van der Waals surface area (Å²) in [5, 5.41) is 3.26. The van der Waals surface area contributed by atoms with Crippen molar-refractivity contribution in [2.45, 2.75) is 13.0 Å². The van der Waals surface area contributed by atoms with Gasteiger partial charge in [0.2, 0.25) is 0 Å². The minimum Gasteiger partial charge on any atom is -0.497 e. The molecule has 1 atom stereocenters. The van der Waals surface area contributed by atoms with Gasteiger partial charge in [0.05, 0.1) is 24.7 Å². The molecule has 5 heteroatoms. The Bertz CT molecular complexity index is 634. The Kier molecular flexibility index (Phi) is 5.07. The summed E-state index contributed by atoms with van der Waals surface area (Å²) >= 11 is 3.14. The first-order chi connectivity index (χ1) is 10.0. The van der Waals surface area contributed by atoms with Crippen LogP contribution in [-0.2, 0) is 0 Å². The van der Waals surface area contributed by atoms with Gasteiger partial charge in [-0.05, 0) is 53.2 Å². The molecule has 0 saturated carbocycles. The Labute approximate surface area is 132 Å². The van der Waals surface area contributed by atoms with Crippen LogP contribution in [0, 0.1) is 5.82 Å². The summed E-state index contributed by atoms with van der Waals surface area (Å²) in [6, 6.07) is 10.6. The molecule has 0 bridgehead atoms. The number of methoxy groups -OCH3 is 2. The van der Waals surface area contributed by atoms with Gasteiger partial charge in [0.25, 0.3) is 0 Å². The zero-order chi connectivity index (χ0) is 15.4. The van der Waals surface area contributed by atoms with Gasteiger partial charge in [-0.2, -0.15) is 0 Å². The summed E-state index contributed by atoms with van der Waals surface area (Å²) < 4.78 is 24.6. The van der Waals surface area contributed by atoms with E-state index in [1.54, 1.807) is 20.3 Å². The van der Waals surface area contributed by atoms with Gasteiger partial charge in [-0.1, -0.05) is 0 Å². The predicted octanol–water partition coefficient (Wildman–Crippen LogP) is 4.78. The Balaban J connectivity index is 2.23. The van der Waals surface area contributed by atoms with Gasteiger partial charge >= 0.3 is 0 Å². The molecule has 1 N–H and O–H groups in total. The second kappa shape index (κ2) is 6.80. The molecule has 2 rings (SSSR count). The van der Waals surface area contributed by atoms with Crippen LogP contribution in [0.15, 0.2) is 40.9 Å². The van der Waals surface area contributed by atoms with Gasteiger partial charge in [0, 0.05) is 17.3 Å². The molecule has 112 valence electrons. The summed E-state index contributed by atoms with van der Waals surface area (Å²) in [5.41, 5.74) is 1.68. The Morgan fingerprint density at radius 1 is 1.10 bits per heavy atom. The maximum absolute atomic E-state index is 13.5. The highest BCUT2D eigenvalue weighted by molar-refractivity contribution is 9.10. The summed E-state index contributed by atoms with van der Waals surface area (Å²) in [6.07, 6.45) is 0. The number of benzene rings is 2. The zero-order valence-electron chi connectivity index (χ0n) is 12.1. The van der Waals surface area contributed by atoms with E-state index in [2.05, 4.69) is 21.2 Å². The van der Waals surface area contributed by atoms with Crippen LogP contribution >= 0.6 is 15.9 Å². The Morgan fingerprint density at radius 3 is 2.48 bits per heavy atom. The molecule has 3 nitrogen and oxygen atoms in total. The van der Waals surface area contributed by atoms with Crippen LogP contribution in [0.5, 0.6) is 11.5 Å². The molecule has 2 aromatic rings. The number of hydrogen-bond donors (Lipinski definition) is 1. The number of anilines is 1. The Morgan fingerprint density at radius 2 is 1.86 bits per heavy atom. The van der Waals surface area contributed by atoms with Crippen LogP contribution in [0.2, 0.25) is 0 Å². The van der Waals surface area contributed by atoms with Crippen LogP contribution in [0.25, 0.3) is 0 Å². The maximum Gasteiger partial charge on any atom is 0.139 e. The fourth-order valence-electron chi connectivity index (χ4n) is 2.09. The van der Waals surface area contributed by atoms with E-state index in [0.29, 0.717) is 10.2 Å². The van der Waals surface area contributed by atoms with E-state index in [-0.39, 0.29) is 11.9 Å². The molecule has 0 aliphatic carbocycles. The lowest BCUT2D eigenvalue weighted by Crippen LogP contribution is -2.08. The quantitative estimate of drug-likeness (QED) is 0.838. The average molecular weight is 354 g/mol. The first-order valence-corrected chi connectivity index (χ1v) is 7.28. The average Bonchev–Trinajstić information content (AvgIpc) is 2.50. The third-order valence-electron chi connectivity index (χ3n) is 3.21. The van der Waals surface area contributed by atoms with E-state index in [0.717, 1.165) is 17.1 Å². The molecule has 21 heavy (non-hydrogen) atoms. The van der Waals surface area contributed by atoms with Gasteiger partial charge in [-0.3, -0.25) is 0 Å². The molecule has 0 aliphatic heterocycles. The molecular weight excluding hydrogens is 337 g/mol. The lowest BCUT2D eigenvalue weighted by molar-refractivity contribution is 0.390. The van der Waals surface area contributed by atoms with Crippen molar-refractivity contribution in [2.24, 2.45) is 0 Å². The van der Waals surface area contributed by atoms with E-state index in [1.165, 1.54) is 6.07 Å². The van der Waals surface area contributed by atoms with E-state index in [4.69, 9.17) is 9.47 Å². The fourth-order valence-corrected chi connectivity index (χ4v) is 2.34. The summed E-state index contributed by atoms with van der Waals surface area (Å²) in [7, 11) is 3.23. The molecule has 0 aromatic heterocycles. The Hall–Kier alpha value is -1.75. The highest BCUT2D eigenvalue weighted by Gasteiger charge is 2.13. The molecule has 0 amide bonds. The third-order valence-corrected chi connectivity index (χ3v) is 3.85. The maximum atomic E-state index is 13.5. The minimum absolute atomic E-state index is 0.0357. The number of nitrogens with one attached hydrogen (secondary N) is 1. The van der Waals surface area contributed by atoms with Gasteiger partial charge < -0.3 is 14.8 Å². The van der Waals surface area contributed by atoms with Crippen LogP contribution in [0.3, 0.4) is 0 Å². The number of hydrogen-bond acceptors (Lipinski definition) is 3. The smallest absolute Gasteiger partial charge is 0.139 e. The molecule has 0 radical (unpaired) electrons. The normalized spacial score (nSPS) is 11.9. The third kappa shape index (κ3) is 3.67. The summed E-state index contributed by atoms with van der Waals surface area (Å²) in [6.45, 7) is 1.99. The lowest BCUT2D eigenvalue weighted by Gasteiger charge is -2.19. The van der Waals surface area contributed by atoms with Crippen LogP contribution in [0.1, 0.15) is 18.5 Å². The molecule has 0 spiro atoms. The molecule has 0 saturated heterocycles. The predicted molar refractivity (Wildman–Crippen MR) is 85.7 cm³/mol. The number of halogens is 2. The van der Waals surface area contributed by atoms with Gasteiger partial charge in [-0.25, -0.2) is 4.39 Å². The van der Waals surface area contributed by atoms with Gasteiger partial charge in [0.15, 0.2) is 0 Å². The SMILES string of the molecule is COc1ccc(C(C)Nc2ccc(Br)c(F)c2)c(OC)c1. The molecule has 1 unspecified atom stereocenters. The van der Waals surface area contributed by atoms with Crippen molar-refractivity contribution in [3.8, 4) is 11.5 Å². The molecular formula is C16H17BrFNO2. The van der Waals surface area contributed by atoms with E-state index < -0.39 is 0 Å². The second-order valence-corrected chi connectivity index (χ2v) is 5.46. The van der Waals surface area contributed by atoms with E-state index >= 15 is 0 Å². The zero-order valence-corrected chi connectivity index (χ0v) is 13.7. The first-order valence-electron chi connectivity index (χ1n) is 6.48. The van der Waals surface area contributed by atoms with Crippen LogP contribution in [0.4, 0.5) is 10.1 Å². The van der Waals surface area contributed by atoms with E-state index in [9.17, 15) is 4.39 Å². The lowest BCUT2D eigenvalue weighted by atomic mass is 10.1. The molecule has 2 aromatic carbocycles. The fraction of sp³-hybridized carbons (Fsp3) is 0.250. The van der Waals surface area contributed by atoms with Crippen molar-refractivity contribution in [1.29, 1.82) is 0 Å². The van der Waals surface area contributed by atoms with Gasteiger partial charge in [-0.15, -0.1) is 0 Å². The van der Waals surface area contributed by atoms with Crippen molar-refractivity contribution in [2.75, 3.05) is 19.5 Å². The van der Waals surface area contributed by atoms with Crippen LogP contribution in [-0.4, -0.2) is 14.2 Å². The first kappa shape index (κ1) is 15.6. The number of rotatable bonds is 5. The molecule has 0 aliphatic rings. The van der Waals surface area contributed by atoms with Crippen molar-refractivity contribution in [3.63, 3.8) is 0 Å². The van der Waals surface area contributed by atoms with E-state index in [1.807, 2.05) is 31.2 Å². The standard InChI is InChI=1S/C16H17BrFNO2/c1-10(19-11-4-7-14(17)15(18)8-11)13-6-5-12(20-2)9-16(13)21-3/h4-10,19H,1-3H3. The summed E-state index contributed by atoms with van der Waals surface area (Å²) in [4.78, 5) is 0. The second-order valence-electron chi connectivity index (χ2n) is 4.60. The van der Waals surface area contributed by atoms with Crippen LogP contribution < -0.4 is 14.8 Å². The highest BCUT2D eigenvalue weighted by Crippen LogP contribution is 2.31.